The minimum atomic E-state index is 0.732. The van der Waals surface area contributed by atoms with Gasteiger partial charge in [-0.15, -0.1) is 12.3 Å². The summed E-state index contributed by atoms with van der Waals surface area (Å²) in [5.41, 5.74) is 0. The number of hydrogen-bond acceptors (Lipinski definition) is 2. The van der Waals surface area contributed by atoms with E-state index in [0.29, 0.717) is 0 Å². The van der Waals surface area contributed by atoms with E-state index < -0.39 is 0 Å². The summed E-state index contributed by atoms with van der Waals surface area (Å²) >= 11 is 0. The molecule has 0 atom stereocenters. The van der Waals surface area contributed by atoms with Crippen LogP contribution in [0.2, 0.25) is 0 Å². The van der Waals surface area contributed by atoms with Gasteiger partial charge in [-0.1, -0.05) is 6.92 Å². The highest BCUT2D eigenvalue weighted by molar-refractivity contribution is 4.84. The molecule has 86 valence electrons. The van der Waals surface area contributed by atoms with Crippen LogP contribution >= 0.6 is 0 Å². The first kappa shape index (κ1) is 12.5. The van der Waals surface area contributed by atoms with Crippen LogP contribution in [0.15, 0.2) is 0 Å². The first-order valence-electron chi connectivity index (χ1n) is 6.26. The van der Waals surface area contributed by atoms with Gasteiger partial charge in [0.15, 0.2) is 0 Å². The number of likely N-dealkylation sites (tertiary alicyclic amines) is 1. The Labute approximate surface area is 94.4 Å². The van der Waals surface area contributed by atoms with Crippen molar-refractivity contribution >= 4 is 0 Å². The summed E-state index contributed by atoms with van der Waals surface area (Å²) in [4.78, 5) is 2.57. The summed E-state index contributed by atoms with van der Waals surface area (Å²) in [7, 11) is 0. The minimum Gasteiger partial charge on any atom is -0.314 e. The first-order valence-corrected chi connectivity index (χ1v) is 6.26. The van der Waals surface area contributed by atoms with Crippen LogP contribution in [-0.2, 0) is 0 Å². The zero-order chi connectivity index (χ0) is 10.9. The molecule has 0 unspecified atom stereocenters. The Kier molecular flexibility index (Phi) is 6.47. The highest BCUT2D eigenvalue weighted by Crippen LogP contribution is 2.10. The Balaban J connectivity index is 2.02. The van der Waals surface area contributed by atoms with E-state index in [0.717, 1.165) is 25.4 Å². The standard InChI is InChI=1S/C13H24N2/c1-3-5-6-9-14-13-7-11-15(10-4-2)12-8-13/h1,13-14H,4-12H2,2H3. The van der Waals surface area contributed by atoms with Crippen LogP contribution in [0.25, 0.3) is 0 Å². The van der Waals surface area contributed by atoms with E-state index in [1.807, 2.05) is 0 Å². The Morgan fingerprint density at radius 3 is 2.73 bits per heavy atom. The quantitative estimate of drug-likeness (QED) is 0.529. The van der Waals surface area contributed by atoms with Crippen molar-refractivity contribution in [1.82, 2.24) is 10.2 Å². The van der Waals surface area contributed by atoms with E-state index in [2.05, 4.69) is 23.1 Å². The number of rotatable bonds is 6. The van der Waals surface area contributed by atoms with Crippen molar-refractivity contribution in [3.8, 4) is 12.3 Å². The Bertz CT molecular complexity index is 187. The number of unbranched alkanes of at least 4 members (excludes halogenated alkanes) is 1. The summed E-state index contributed by atoms with van der Waals surface area (Å²) in [6, 6.07) is 0.732. The molecule has 1 fully saturated rings. The van der Waals surface area contributed by atoms with E-state index >= 15 is 0 Å². The molecule has 1 aliphatic heterocycles. The maximum atomic E-state index is 5.21. The molecule has 0 amide bonds. The molecule has 0 aromatic heterocycles. The second-order valence-corrected chi connectivity index (χ2v) is 4.38. The molecule has 1 heterocycles. The third-order valence-corrected chi connectivity index (χ3v) is 3.06. The molecular formula is C13H24N2. The van der Waals surface area contributed by atoms with Gasteiger partial charge in [-0.25, -0.2) is 0 Å². The van der Waals surface area contributed by atoms with Crippen molar-refractivity contribution in [3.63, 3.8) is 0 Å². The van der Waals surface area contributed by atoms with Crippen molar-refractivity contribution in [2.45, 2.75) is 45.1 Å². The SMILES string of the molecule is C#CCCCNC1CCN(CCC)CC1. The number of nitrogens with zero attached hydrogens (tertiary/aromatic N) is 1. The first-order chi connectivity index (χ1) is 7.36. The third-order valence-electron chi connectivity index (χ3n) is 3.06. The number of nitrogens with one attached hydrogen (secondary N) is 1. The van der Waals surface area contributed by atoms with Crippen LogP contribution < -0.4 is 5.32 Å². The topological polar surface area (TPSA) is 15.3 Å². The lowest BCUT2D eigenvalue weighted by atomic mass is 10.0. The third kappa shape index (κ3) is 5.20. The highest BCUT2D eigenvalue weighted by Gasteiger charge is 2.17. The van der Waals surface area contributed by atoms with Gasteiger partial charge in [0.25, 0.3) is 0 Å². The average Bonchev–Trinajstić information content (AvgIpc) is 2.27. The highest BCUT2D eigenvalue weighted by atomic mass is 15.1. The maximum absolute atomic E-state index is 5.21. The van der Waals surface area contributed by atoms with Crippen LogP contribution in [0.4, 0.5) is 0 Å². The second kappa shape index (κ2) is 7.73. The van der Waals surface area contributed by atoms with Gasteiger partial charge in [0, 0.05) is 12.5 Å². The summed E-state index contributed by atoms with van der Waals surface area (Å²) < 4.78 is 0. The van der Waals surface area contributed by atoms with Gasteiger partial charge in [0.05, 0.1) is 0 Å². The molecule has 2 nitrogen and oxygen atoms in total. The fourth-order valence-electron chi connectivity index (χ4n) is 2.17. The van der Waals surface area contributed by atoms with Gasteiger partial charge in [-0.3, -0.25) is 0 Å². The molecule has 0 radical (unpaired) electrons. The van der Waals surface area contributed by atoms with Crippen molar-refractivity contribution in [2.24, 2.45) is 0 Å². The fraction of sp³-hybridized carbons (Fsp3) is 0.846. The molecule has 1 N–H and O–H groups in total. The predicted octanol–water partition coefficient (Wildman–Crippen LogP) is 1.86. The van der Waals surface area contributed by atoms with Crippen LogP contribution in [0.3, 0.4) is 0 Å². The summed E-state index contributed by atoms with van der Waals surface area (Å²) in [6.07, 6.45) is 11.1. The van der Waals surface area contributed by atoms with Crippen LogP contribution in [0.5, 0.6) is 0 Å². The van der Waals surface area contributed by atoms with E-state index in [9.17, 15) is 0 Å². The summed E-state index contributed by atoms with van der Waals surface area (Å²) in [5, 5.41) is 3.60. The van der Waals surface area contributed by atoms with Gasteiger partial charge >= 0.3 is 0 Å². The van der Waals surface area contributed by atoms with Crippen LogP contribution in [0.1, 0.15) is 39.0 Å². The maximum Gasteiger partial charge on any atom is 0.00981 e. The number of hydrogen-bond donors (Lipinski definition) is 1. The van der Waals surface area contributed by atoms with Crippen molar-refractivity contribution in [1.29, 1.82) is 0 Å². The fourth-order valence-corrected chi connectivity index (χ4v) is 2.17. The van der Waals surface area contributed by atoms with Gasteiger partial charge in [0.1, 0.15) is 0 Å². The lowest BCUT2D eigenvalue weighted by Gasteiger charge is -2.32. The molecular weight excluding hydrogens is 184 g/mol. The Hall–Kier alpha value is -0.520. The van der Waals surface area contributed by atoms with Crippen molar-refractivity contribution < 1.29 is 0 Å². The zero-order valence-electron chi connectivity index (χ0n) is 9.97. The van der Waals surface area contributed by atoms with Gasteiger partial charge in [-0.2, -0.15) is 0 Å². The largest absolute Gasteiger partial charge is 0.314 e. The molecule has 0 saturated carbocycles. The summed E-state index contributed by atoms with van der Waals surface area (Å²) in [5.74, 6) is 2.68. The molecule has 2 heteroatoms. The van der Waals surface area contributed by atoms with Crippen LogP contribution in [-0.4, -0.2) is 37.1 Å². The van der Waals surface area contributed by atoms with Gasteiger partial charge < -0.3 is 10.2 Å². The average molecular weight is 208 g/mol. The van der Waals surface area contributed by atoms with Crippen molar-refractivity contribution in [2.75, 3.05) is 26.2 Å². The number of piperidine rings is 1. The zero-order valence-corrected chi connectivity index (χ0v) is 9.97. The molecule has 15 heavy (non-hydrogen) atoms. The van der Waals surface area contributed by atoms with E-state index in [4.69, 9.17) is 6.42 Å². The lowest BCUT2D eigenvalue weighted by Crippen LogP contribution is -2.42. The Morgan fingerprint density at radius 1 is 1.40 bits per heavy atom. The van der Waals surface area contributed by atoms with Crippen molar-refractivity contribution in [3.05, 3.63) is 0 Å². The molecule has 0 aromatic carbocycles. The van der Waals surface area contributed by atoms with Crippen LogP contribution in [0, 0.1) is 12.3 Å². The monoisotopic (exact) mass is 208 g/mol. The molecule has 1 rings (SSSR count). The predicted molar refractivity (Wildman–Crippen MR) is 65.8 cm³/mol. The Morgan fingerprint density at radius 2 is 2.13 bits per heavy atom. The van der Waals surface area contributed by atoms with Gasteiger partial charge in [0.2, 0.25) is 0 Å². The smallest absolute Gasteiger partial charge is 0.00981 e. The van der Waals surface area contributed by atoms with Gasteiger partial charge in [-0.05, 0) is 51.9 Å². The molecule has 1 saturated heterocycles. The minimum absolute atomic E-state index is 0.732. The second-order valence-electron chi connectivity index (χ2n) is 4.38. The number of terminal acetylenes is 1. The van der Waals surface area contributed by atoms with E-state index in [1.165, 1.54) is 38.9 Å². The lowest BCUT2D eigenvalue weighted by molar-refractivity contribution is 0.198. The molecule has 0 bridgehead atoms. The summed E-state index contributed by atoms with van der Waals surface area (Å²) in [6.45, 7) is 7.14. The molecule has 0 spiro atoms. The van der Waals surface area contributed by atoms with E-state index in [-0.39, 0.29) is 0 Å². The normalized spacial score (nSPS) is 18.9. The van der Waals surface area contributed by atoms with E-state index in [1.54, 1.807) is 0 Å². The molecule has 1 aliphatic rings. The molecule has 0 aromatic rings. The molecule has 0 aliphatic carbocycles.